The Labute approximate surface area is 126 Å². The van der Waals surface area contributed by atoms with Crippen LogP contribution in [0.15, 0.2) is 36.4 Å². The van der Waals surface area contributed by atoms with E-state index < -0.39 is 5.41 Å². The van der Waals surface area contributed by atoms with Gasteiger partial charge in [-0.05, 0) is 43.2 Å². The van der Waals surface area contributed by atoms with Crippen LogP contribution in [0.4, 0.5) is 11.4 Å². The van der Waals surface area contributed by atoms with Crippen LogP contribution in [-0.2, 0) is 10.2 Å². The lowest BCUT2D eigenvalue weighted by Gasteiger charge is -2.14. The number of ether oxygens (including phenoxy) is 1. The van der Waals surface area contributed by atoms with E-state index in [9.17, 15) is 4.79 Å². The zero-order valence-corrected chi connectivity index (χ0v) is 11.9. The molecular formula is C16H13ClN2O2. The molecule has 4 nitrogen and oxygen atoms in total. The largest absolute Gasteiger partial charge is 0.455 e. The Hall–Kier alpha value is -2.20. The van der Waals surface area contributed by atoms with Crippen molar-refractivity contribution >= 4 is 28.9 Å². The molecular weight excluding hydrogens is 288 g/mol. The summed E-state index contributed by atoms with van der Waals surface area (Å²) in [5.41, 5.74) is 7.66. The van der Waals surface area contributed by atoms with Crippen molar-refractivity contribution in [1.82, 2.24) is 0 Å². The van der Waals surface area contributed by atoms with E-state index in [0.29, 0.717) is 22.2 Å². The summed E-state index contributed by atoms with van der Waals surface area (Å²) in [5, 5.41) is 3.38. The Morgan fingerprint density at radius 1 is 1.19 bits per heavy atom. The number of nitrogens with one attached hydrogen (secondary N) is 1. The highest BCUT2D eigenvalue weighted by molar-refractivity contribution is 6.32. The van der Waals surface area contributed by atoms with E-state index in [2.05, 4.69) is 5.32 Å². The molecule has 1 amide bonds. The molecule has 1 aliphatic carbocycles. The number of nitrogen functional groups attached to an aromatic ring is 1. The van der Waals surface area contributed by atoms with Crippen LogP contribution >= 0.6 is 11.6 Å². The number of hydrogen-bond donors (Lipinski definition) is 2. The minimum atomic E-state index is -0.397. The van der Waals surface area contributed by atoms with Crippen LogP contribution in [0.25, 0.3) is 0 Å². The Morgan fingerprint density at radius 2 is 2.00 bits per heavy atom. The maximum atomic E-state index is 12.1. The van der Waals surface area contributed by atoms with E-state index >= 15 is 0 Å². The van der Waals surface area contributed by atoms with E-state index in [1.54, 1.807) is 18.2 Å². The zero-order valence-electron chi connectivity index (χ0n) is 11.2. The first-order valence-electron chi connectivity index (χ1n) is 6.78. The molecule has 1 fully saturated rings. The molecule has 2 aromatic carbocycles. The molecule has 0 radical (unpaired) electrons. The Bertz CT molecular complexity index is 769. The van der Waals surface area contributed by atoms with Crippen molar-refractivity contribution in [3.63, 3.8) is 0 Å². The van der Waals surface area contributed by atoms with Crippen molar-refractivity contribution in [3.8, 4) is 11.5 Å². The minimum absolute atomic E-state index is 0.0666. The summed E-state index contributed by atoms with van der Waals surface area (Å²) in [4.78, 5) is 12.1. The van der Waals surface area contributed by atoms with Gasteiger partial charge >= 0.3 is 0 Å². The Morgan fingerprint density at radius 3 is 2.71 bits per heavy atom. The van der Waals surface area contributed by atoms with Crippen molar-refractivity contribution in [2.45, 2.75) is 18.3 Å². The van der Waals surface area contributed by atoms with E-state index in [1.807, 2.05) is 18.2 Å². The van der Waals surface area contributed by atoms with Gasteiger partial charge in [0, 0.05) is 16.9 Å². The van der Waals surface area contributed by atoms with Gasteiger partial charge in [0.25, 0.3) is 0 Å². The molecule has 0 atom stereocenters. The van der Waals surface area contributed by atoms with Crippen LogP contribution in [0, 0.1) is 0 Å². The molecule has 1 heterocycles. The first-order chi connectivity index (χ1) is 10.1. The van der Waals surface area contributed by atoms with Crippen molar-refractivity contribution in [3.05, 3.63) is 47.0 Å². The summed E-state index contributed by atoms with van der Waals surface area (Å²) in [5.74, 6) is 1.28. The number of halogens is 1. The third-order valence-corrected chi connectivity index (χ3v) is 4.41. The zero-order chi connectivity index (χ0) is 14.6. The SMILES string of the molecule is Nc1ccc(Oc2cccc3c2C2(CC2)C(=O)N3)c(Cl)c1. The van der Waals surface area contributed by atoms with Crippen LogP contribution < -0.4 is 15.8 Å². The summed E-state index contributed by atoms with van der Waals surface area (Å²) in [6.45, 7) is 0. The molecule has 0 unspecified atom stereocenters. The van der Waals surface area contributed by atoms with Gasteiger partial charge < -0.3 is 15.8 Å². The predicted octanol–water partition coefficient (Wildman–Crippen LogP) is 3.70. The molecule has 0 saturated heterocycles. The number of fused-ring (bicyclic) bond motifs is 2. The second-order valence-electron chi connectivity index (χ2n) is 5.51. The quantitative estimate of drug-likeness (QED) is 0.831. The summed E-state index contributed by atoms with van der Waals surface area (Å²) in [6.07, 6.45) is 1.73. The fourth-order valence-electron chi connectivity index (χ4n) is 2.89. The molecule has 2 aliphatic rings. The summed E-state index contributed by atoms with van der Waals surface area (Å²) in [7, 11) is 0. The van der Waals surface area contributed by atoms with Gasteiger partial charge in [0.2, 0.25) is 5.91 Å². The lowest BCUT2D eigenvalue weighted by atomic mass is 9.97. The average molecular weight is 301 g/mol. The molecule has 0 aromatic heterocycles. The van der Waals surface area contributed by atoms with Gasteiger partial charge in [-0.3, -0.25) is 4.79 Å². The van der Waals surface area contributed by atoms with Gasteiger partial charge in [-0.25, -0.2) is 0 Å². The average Bonchev–Trinajstić information content (AvgIpc) is 3.18. The predicted molar refractivity (Wildman–Crippen MR) is 81.9 cm³/mol. The Balaban J connectivity index is 1.78. The van der Waals surface area contributed by atoms with Crippen molar-refractivity contribution in [2.24, 2.45) is 0 Å². The van der Waals surface area contributed by atoms with Crippen molar-refractivity contribution in [1.29, 1.82) is 0 Å². The normalized spacial score (nSPS) is 17.5. The van der Waals surface area contributed by atoms with Gasteiger partial charge in [-0.15, -0.1) is 0 Å². The number of hydrogen-bond acceptors (Lipinski definition) is 3. The van der Waals surface area contributed by atoms with Crippen LogP contribution in [0.3, 0.4) is 0 Å². The topological polar surface area (TPSA) is 64.3 Å². The highest BCUT2D eigenvalue weighted by Crippen LogP contribution is 2.58. The van der Waals surface area contributed by atoms with Crippen LogP contribution in [0.2, 0.25) is 5.02 Å². The summed E-state index contributed by atoms with van der Waals surface area (Å²) in [6, 6.07) is 10.8. The summed E-state index contributed by atoms with van der Waals surface area (Å²) < 4.78 is 5.95. The third kappa shape index (κ3) is 1.79. The molecule has 1 spiro atoms. The fraction of sp³-hybridized carbons (Fsp3) is 0.188. The molecule has 5 heteroatoms. The number of nitrogens with two attached hydrogens (primary N) is 1. The van der Waals surface area contributed by atoms with Gasteiger partial charge in [0.1, 0.15) is 11.5 Å². The number of amides is 1. The Kier molecular flexibility index (Phi) is 2.48. The second kappa shape index (κ2) is 4.15. The number of anilines is 2. The van der Waals surface area contributed by atoms with Gasteiger partial charge in [0.05, 0.1) is 10.4 Å². The van der Waals surface area contributed by atoms with Crippen LogP contribution in [-0.4, -0.2) is 5.91 Å². The number of carbonyl (C=O) groups is 1. The van der Waals surface area contributed by atoms with E-state index in [0.717, 1.165) is 24.1 Å². The lowest BCUT2D eigenvalue weighted by Crippen LogP contribution is -2.18. The summed E-state index contributed by atoms with van der Waals surface area (Å²) >= 11 is 6.16. The van der Waals surface area contributed by atoms with Crippen molar-refractivity contribution in [2.75, 3.05) is 11.1 Å². The second-order valence-corrected chi connectivity index (χ2v) is 5.91. The first kappa shape index (κ1) is 12.5. The van der Waals surface area contributed by atoms with Gasteiger partial charge in [0.15, 0.2) is 0 Å². The van der Waals surface area contributed by atoms with E-state index in [1.165, 1.54) is 0 Å². The van der Waals surface area contributed by atoms with Crippen LogP contribution in [0.1, 0.15) is 18.4 Å². The monoisotopic (exact) mass is 300 g/mol. The first-order valence-corrected chi connectivity index (χ1v) is 7.16. The molecule has 1 aliphatic heterocycles. The van der Waals surface area contributed by atoms with E-state index in [-0.39, 0.29) is 5.91 Å². The number of carbonyl (C=O) groups excluding carboxylic acids is 1. The number of benzene rings is 2. The highest BCUT2D eigenvalue weighted by atomic mass is 35.5. The molecule has 21 heavy (non-hydrogen) atoms. The minimum Gasteiger partial charge on any atom is -0.455 e. The van der Waals surface area contributed by atoms with E-state index in [4.69, 9.17) is 22.1 Å². The highest BCUT2D eigenvalue weighted by Gasteiger charge is 2.57. The molecule has 106 valence electrons. The fourth-order valence-corrected chi connectivity index (χ4v) is 3.12. The van der Waals surface area contributed by atoms with Gasteiger partial charge in [-0.2, -0.15) is 0 Å². The maximum Gasteiger partial charge on any atom is 0.235 e. The molecule has 2 aromatic rings. The van der Waals surface area contributed by atoms with Crippen molar-refractivity contribution < 1.29 is 9.53 Å². The van der Waals surface area contributed by atoms with Crippen LogP contribution in [0.5, 0.6) is 11.5 Å². The number of rotatable bonds is 2. The molecule has 0 bridgehead atoms. The molecule has 3 N–H and O–H groups in total. The van der Waals surface area contributed by atoms with Gasteiger partial charge in [-0.1, -0.05) is 17.7 Å². The standard InChI is InChI=1S/C16H13ClN2O2/c17-10-8-9(18)4-5-12(10)21-13-3-1-2-11-14(13)16(6-7-16)15(20)19-11/h1-5,8H,6-7,18H2,(H,19,20). The maximum absolute atomic E-state index is 12.1. The molecule has 4 rings (SSSR count). The third-order valence-electron chi connectivity index (χ3n) is 4.11. The smallest absolute Gasteiger partial charge is 0.235 e. The lowest BCUT2D eigenvalue weighted by molar-refractivity contribution is -0.117. The molecule has 1 saturated carbocycles.